The quantitative estimate of drug-likeness (QED) is 0.324. The van der Waals surface area contributed by atoms with E-state index < -0.39 is 0 Å². The molecule has 3 aromatic carbocycles. The van der Waals surface area contributed by atoms with Gasteiger partial charge in [-0.05, 0) is 57.4 Å². The lowest BCUT2D eigenvalue weighted by Crippen LogP contribution is -2.19. The van der Waals surface area contributed by atoms with Gasteiger partial charge in [-0.1, -0.05) is 41.9 Å². The number of hydrogen-bond donors (Lipinski definition) is 1. The lowest BCUT2D eigenvalue weighted by atomic mass is 10.1. The van der Waals surface area contributed by atoms with Crippen LogP contribution in [0.2, 0.25) is 5.02 Å². The lowest BCUT2D eigenvalue weighted by Gasteiger charge is -2.14. The van der Waals surface area contributed by atoms with E-state index in [4.69, 9.17) is 21.1 Å². The first kappa shape index (κ1) is 22.8. The molecule has 5 nitrogen and oxygen atoms in total. The Morgan fingerprint density at radius 3 is 2.65 bits per heavy atom. The minimum atomic E-state index is -0.346. The molecule has 31 heavy (non-hydrogen) atoms. The van der Waals surface area contributed by atoms with Crippen molar-refractivity contribution in [3.05, 3.63) is 92.7 Å². The average molecular weight is 506 g/mol. The molecule has 0 atom stereocenters. The second-order valence-corrected chi connectivity index (χ2v) is 7.77. The second kappa shape index (κ2) is 10.9. The van der Waals surface area contributed by atoms with Crippen molar-refractivity contribution >= 4 is 39.7 Å². The van der Waals surface area contributed by atoms with Gasteiger partial charge in [-0.3, -0.25) is 4.79 Å². The Balaban J connectivity index is 1.64. The van der Waals surface area contributed by atoms with Crippen LogP contribution < -0.4 is 14.9 Å². The molecule has 160 valence electrons. The van der Waals surface area contributed by atoms with Crippen LogP contribution in [0.25, 0.3) is 0 Å². The fraction of sp³-hybridized carbons (Fsp3) is 0.130. The highest BCUT2D eigenvalue weighted by molar-refractivity contribution is 9.10. The SMILES string of the molecule is COc1cc(C=NNC(=O)Cc2ccc(F)cc2)cc(Br)c1OCc1ccccc1Cl. The van der Waals surface area contributed by atoms with Gasteiger partial charge in [0.05, 0.1) is 24.2 Å². The Hall–Kier alpha value is -2.90. The highest BCUT2D eigenvalue weighted by Crippen LogP contribution is 2.37. The number of halogens is 3. The first-order chi connectivity index (χ1) is 15.0. The number of nitrogens with one attached hydrogen (secondary N) is 1. The van der Waals surface area contributed by atoms with E-state index in [1.807, 2.05) is 18.2 Å². The highest BCUT2D eigenvalue weighted by atomic mass is 79.9. The van der Waals surface area contributed by atoms with E-state index in [9.17, 15) is 9.18 Å². The Labute approximate surface area is 193 Å². The molecule has 0 heterocycles. The van der Waals surface area contributed by atoms with Crippen LogP contribution >= 0.6 is 27.5 Å². The van der Waals surface area contributed by atoms with Crippen molar-refractivity contribution in [3.63, 3.8) is 0 Å². The number of hydrogen-bond acceptors (Lipinski definition) is 4. The summed E-state index contributed by atoms with van der Waals surface area (Å²) in [4.78, 5) is 12.0. The molecule has 3 rings (SSSR count). The van der Waals surface area contributed by atoms with E-state index in [1.54, 1.807) is 30.3 Å². The third kappa shape index (κ3) is 6.54. The Kier molecular flexibility index (Phi) is 8.03. The van der Waals surface area contributed by atoms with E-state index in [0.717, 1.165) is 5.56 Å². The van der Waals surface area contributed by atoms with E-state index >= 15 is 0 Å². The number of benzene rings is 3. The minimum absolute atomic E-state index is 0.0967. The molecule has 0 aliphatic rings. The summed E-state index contributed by atoms with van der Waals surface area (Å²) < 4.78 is 24.9. The van der Waals surface area contributed by atoms with Gasteiger partial charge < -0.3 is 9.47 Å². The number of amides is 1. The van der Waals surface area contributed by atoms with Crippen LogP contribution in [0, 0.1) is 5.82 Å². The summed E-state index contributed by atoms with van der Waals surface area (Å²) in [5.74, 6) is 0.370. The molecule has 1 N–H and O–H groups in total. The summed E-state index contributed by atoms with van der Waals surface area (Å²) in [5.41, 5.74) is 4.69. The Morgan fingerprint density at radius 1 is 1.19 bits per heavy atom. The zero-order chi connectivity index (χ0) is 22.2. The molecule has 1 amide bonds. The van der Waals surface area contributed by atoms with Crippen molar-refractivity contribution in [2.24, 2.45) is 5.10 Å². The molecular weight excluding hydrogens is 487 g/mol. The molecule has 0 bridgehead atoms. The van der Waals surface area contributed by atoms with Gasteiger partial charge in [0.2, 0.25) is 5.91 Å². The monoisotopic (exact) mass is 504 g/mol. The van der Waals surface area contributed by atoms with Gasteiger partial charge >= 0.3 is 0 Å². The van der Waals surface area contributed by atoms with Crippen LogP contribution in [-0.2, 0) is 17.8 Å². The topological polar surface area (TPSA) is 59.9 Å². The summed E-state index contributed by atoms with van der Waals surface area (Å²) in [6.45, 7) is 0.279. The molecule has 0 radical (unpaired) electrons. The number of hydrazone groups is 1. The van der Waals surface area contributed by atoms with Crippen molar-refractivity contribution in [3.8, 4) is 11.5 Å². The van der Waals surface area contributed by atoms with Crippen LogP contribution in [0.15, 0.2) is 70.2 Å². The van der Waals surface area contributed by atoms with Crippen molar-refractivity contribution < 1.29 is 18.7 Å². The minimum Gasteiger partial charge on any atom is -0.493 e. The summed E-state index contributed by atoms with van der Waals surface area (Å²) in [5, 5.41) is 4.60. The maximum absolute atomic E-state index is 12.9. The third-order valence-corrected chi connectivity index (χ3v) is 5.22. The van der Waals surface area contributed by atoms with E-state index in [0.29, 0.717) is 32.1 Å². The molecule has 0 saturated heterocycles. The molecule has 8 heteroatoms. The van der Waals surface area contributed by atoms with Gasteiger partial charge in [0.25, 0.3) is 0 Å². The maximum Gasteiger partial charge on any atom is 0.244 e. The maximum atomic E-state index is 12.9. The zero-order valence-electron chi connectivity index (χ0n) is 16.6. The predicted molar refractivity (Wildman–Crippen MR) is 122 cm³/mol. The molecule has 0 saturated carbocycles. The summed E-state index contributed by atoms with van der Waals surface area (Å²) in [6, 6.07) is 16.7. The van der Waals surface area contributed by atoms with E-state index in [-0.39, 0.29) is 24.8 Å². The van der Waals surface area contributed by atoms with Gasteiger partial charge in [0, 0.05) is 10.6 Å². The van der Waals surface area contributed by atoms with Crippen LogP contribution in [0.5, 0.6) is 11.5 Å². The Morgan fingerprint density at radius 2 is 1.94 bits per heavy atom. The van der Waals surface area contributed by atoms with Gasteiger partial charge in [-0.25, -0.2) is 9.82 Å². The molecule has 0 aliphatic carbocycles. The van der Waals surface area contributed by atoms with Crippen molar-refractivity contribution in [1.82, 2.24) is 5.43 Å². The normalized spacial score (nSPS) is 10.8. The molecule has 3 aromatic rings. The fourth-order valence-electron chi connectivity index (χ4n) is 2.73. The molecule has 0 aromatic heterocycles. The summed E-state index contributed by atoms with van der Waals surface area (Å²) in [7, 11) is 1.54. The molecule has 0 fully saturated rings. The van der Waals surface area contributed by atoms with Crippen molar-refractivity contribution in [2.75, 3.05) is 7.11 Å². The fourth-order valence-corrected chi connectivity index (χ4v) is 3.49. The van der Waals surface area contributed by atoms with Gasteiger partial charge in [-0.15, -0.1) is 0 Å². The number of carbonyl (C=O) groups excluding carboxylic acids is 1. The van der Waals surface area contributed by atoms with Gasteiger partial charge in [0.1, 0.15) is 12.4 Å². The molecule has 0 spiro atoms. The standard InChI is InChI=1S/C23H19BrClFN2O3/c1-30-21-11-16(13-27-28-22(29)12-15-6-8-18(26)9-7-15)10-19(24)23(21)31-14-17-4-2-3-5-20(17)25/h2-11,13H,12,14H2,1H3,(H,28,29). The molecule has 0 unspecified atom stereocenters. The molecular formula is C23H19BrClFN2O3. The first-order valence-electron chi connectivity index (χ1n) is 9.26. The third-order valence-electron chi connectivity index (χ3n) is 4.26. The first-order valence-corrected chi connectivity index (χ1v) is 10.4. The van der Waals surface area contributed by atoms with Gasteiger partial charge in [0.15, 0.2) is 11.5 Å². The number of nitrogens with zero attached hydrogens (tertiary/aromatic N) is 1. The number of carbonyl (C=O) groups is 1. The predicted octanol–water partition coefficient (Wildman–Crippen LogP) is 5.52. The second-order valence-electron chi connectivity index (χ2n) is 6.51. The van der Waals surface area contributed by atoms with Crippen LogP contribution in [-0.4, -0.2) is 19.2 Å². The van der Waals surface area contributed by atoms with Crippen molar-refractivity contribution in [2.45, 2.75) is 13.0 Å². The van der Waals surface area contributed by atoms with Crippen LogP contribution in [0.3, 0.4) is 0 Å². The molecule has 0 aliphatic heterocycles. The zero-order valence-corrected chi connectivity index (χ0v) is 18.9. The van der Waals surface area contributed by atoms with Crippen molar-refractivity contribution in [1.29, 1.82) is 0 Å². The van der Waals surface area contributed by atoms with E-state index in [2.05, 4.69) is 26.5 Å². The van der Waals surface area contributed by atoms with E-state index in [1.165, 1.54) is 25.5 Å². The summed E-state index contributed by atoms with van der Waals surface area (Å²) in [6.07, 6.45) is 1.59. The average Bonchev–Trinajstić information content (AvgIpc) is 2.75. The Bertz CT molecular complexity index is 1090. The summed E-state index contributed by atoms with van der Waals surface area (Å²) >= 11 is 9.66. The highest BCUT2D eigenvalue weighted by Gasteiger charge is 2.12. The lowest BCUT2D eigenvalue weighted by molar-refractivity contribution is -0.120. The smallest absolute Gasteiger partial charge is 0.244 e. The number of rotatable bonds is 8. The van der Waals surface area contributed by atoms with Crippen LogP contribution in [0.1, 0.15) is 16.7 Å². The van der Waals surface area contributed by atoms with Crippen LogP contribution in [0.4, 0.5) is 4.39 Å². The number of methoxy groups -OCH3 is 1. The largest absolute Gasteiger partial charge is 0.493 e. The van der Waals surface area contributed by atoms with Gasteiger partial charge in [-0.2, -0.15) is 5.10 Å². The number of ether oxygens (including phenoxy) is 2.